The molecule has 6 nitrogen and oxygen atoms in total. The summed E-state index contributed by atoms with van der Waals surface area (Å²) in [7, 11) is 5.29. The maximum absolute atomic E-state index is 13.6. The second-order valence-electron chi connectivity index (χ2n) is 7.59. The number of amides is 2. The molecule has 33 heavy (non-hydrogen) atoms. The number of methoxy groups -OCH3 is 1. The van der Waals surface area contributed by atoms with Crippen LogP contribution in [0.2, 0.25) is 5.02 Å². The summed E-state index contributed by atoms with van der Waals surface area (Å²) in [6.07, 6.45) is 0. The molecule has 3 aromatic carbocycles. The molecule has 0 radical (unpaired) electrons. The first-order valence-corrected chi connectivity index (χ1v) is 10.4. The van der Waals surface area contributed by atoms with Crippen LogP contribution in [0, 0.1) is 5.82 Å². The Morgan fingerprint density at radius 1 is 0.939 bits per heavy atom. The lowest BCUT2D eigenvalue weighted by molar-refractivity contribution is -0.120. The van der Waals surface area contributed by atoms with E-state index in [-0.39, 0.29) is 17.0 Å². The SMILES string of the molecule is COc1ccc(Cl)cc1N1C(=O)C(Nc2ccc(N(C)C)cc2)=C(c2ccc(F)cc2)C1=O. The van der Waals surface area contributed by atoms with Gasteiger partial charge in [-0.25, -0.2) is 9.29 Å². The molecule has 0 aliphatic carbocycles. The number of benzene rings is 3. The van der Waals surface area contributed by atoms with Gasteiger partial charge in [-0.1, -0.05) is 23.7 Å². The topological polar surface area (TPSA) is 61.9 Å². The van der Waals surface area contributed by atoms with Crippen molar-refractivity contribution in [3.8, 4) is 5.75 Å². The zero-order valence-corrected chi connectivity index (χ0v) is 19.0. The van der Waals surface area contributed by atoms with Gasteiger partial charge in [0.2, 0.25) is 0 Å². The van der Waals surface area contributed by atoms with E-state index in [1.165, 1.54) is 37.4 Å². The van der Waals surface area contributed by atoms with Crippen molar-refractivity contribution in [2.45, 2.75) is 0 Å². The monoisotopic (exact) mass is 465 g/mol. The fraction of sp³-hybridized carbons (Fsp3) is 0.120. The first kappa shape index (κ1) is 22.4. The van der Waals surface area contributed by atoms with Gasteiger partial charge < -0.3 is 15.0 Å². The highest BCUT2D eigenvalue weighted by atomic mass is 35.5. The summed E-state index contributed by atoms with van der Waals surface area (Å²) in [5.41, 5.74) is 2.43. The molecule has 2 amide bonds. The smallest absolute Gasteiger partial charge is 0.282 e. The van der Waals surface area contributed by atoms with Crippen molar-refractivity contribution in [2.75, 3.05) is 36.3 Å². The summed E-state index contributed by atoms with van der Waals surface area (Å²) in [5, 5.41) is 3.43. The second-order valence-corrected chi connectivity index (χ2v) is 8.02. The van der Waals surface area contributed by atoms with Crippen LogP contribution < -0.4 is 19.9 Å². The van der Waals surface area contributed by atoms with Crippen LogP contribution in [0.5, 0.6) is 5.75 Å². The minimum absolute atomic E-state index is 0.0752. The number of nitrogens with zero attached hydrogens (tertiary/aromatic N) is 2. The number of hydrogen-bond acceptors (Lipinski definition) is 5. The van der Waals surface area contributed by atoms with Crippen molar-refractivity contribution in [3.05, 3.63) is 88.8 Å². The summed E-state index contributed by atoms with van der Waals surface area (Å²) >= 11 is 6.15. The number of halogens is 2. The Morgan fingerprint density at radius 2 is 1.61 bits per heavy atom. The van der Waals surface area contributed by atoms with Crippen molar-refractivity contribution in [2.24, 2.45) is 0 Å². The number of rotatable bonds is 6. The van der Waals surface area contributed by atoms with Crippen molar-refractivity contribution < 1.29 is 18.7 Å². The number of anilines is 3. The van der Waals surface area contributed by atoms with E-state index in [9.17, 15) is 14.0 Å². The van der Waals surface area contributed by atoms with Crippen LogP contribution in [0.4, 0.5) is 21.5 Å². The van der Waals surface area contributed by atoms with Crippen LogP contribution in [0.3, 0.4) is 0 Å². The van der Waals surface area contributed by atoms with Gasteiger partial charge in [-0.05, 0) is 60.2 Å². The first-order valence-electron chi connectivity index (χ1n) is 10.1. The van der Waals surface area contributed by atoms with E-state index in [1.54, 1.807) is 12.1 Å². The number of imide groups is 1. The highest BCUT2D eigenvalue weighted by molar-refractivity contribution is 6.46. The van der Waals surface area contributed by atoms with Crippen LogP contribution in [0.25, 0.3) is 5.57 Å². The van der Waals surface area contributed by atoms with Gasteiger partial charge in [-0.2, -0.15) is 0 Å². The highest BCUT2D eigenvalue weighted by Gasteiger charge is 2.41. The number of ether oxygens (including phenoxy) is 1. The molecule has 0 bridgehead atoms. The zero-order valence-electron chi connectivity index (χ0n) is 18.2. The molecule has 168 valence electrons. The molecule has 0 spiro atoms. The molecule has 0 atom stereocenters. The molecule has 0 aromatic heterocycles. The number of nitrogens with one attached hydrogen (secondary N) is 1. The molecule has 1 heterocycles. The third-order valence-electron chi connectivity index (χ3n) is 5.25. The average molecular weight is 466 g/mol. The average Bonchev–Trinajstić information content (AvgIpc) is 3.04. The molecule has 0 saturated heterocycles. The third-order valence-corrected chi connectivity index (χ3v) is 5.49. The van der Waals surface area contributed by atoms with Crippen LogP contribution in [-0.2, 0) is 9.59 Å². The molecule has 1 N–H and O–H groups in total. The Bertz CT molecular complexity index is 1250. The second kappa shape index (κ2) is 8.96. The molecule has 3 aromatic rings. The van der Waals surface area contributed by atoms with Gasteiger partial charge in [-0.3, -0.25) is 9.59 Å². The van der Waals surface area contributed by atoms with Gasteiger partial charge in [0.1, 0.15) is 17.3 Å². The van der Waals surface area contributed by atoms with Gasteiger partial charge in [0.25, 0.3) is 11.8 Å². The molecule has 1 aliphatic heterocycles. The number of carbonyl (C=O) groups is 2. The van der Waals surface area contributed by atoms with E-state index in [0.29, 0.717) is 22.0 Å². The van der Waals surface area contributed by atoms with Crippen LogP contribution in [0.1, 0.15) is 5.56 Å². The van der Waals surface area contributed by atoms with Crippen LogP contribution in [-0.4, -0.2) is 33.0 Å². The minimum atomic E-state index is -0.573. The lowest BCUT2D eigenvalue weighted by Gasteiger charge is -2.19. The van der Waals surface area contributed by atoms with E-state index < -0.39 is 17.6 Å². The van der Waals surface area contributed by atoms with Crippen molar-refractivity contribution in [3.63, 3.8) is 0 Å². The van der Waals surface area contributed by atoms with Crippen LogP contribution >= 0.6 is 11.6 Å². The maximum Gasteiger partial charge on any atom is 0.282 e. The van der Waals surface area contributed by atoms with E-state index in [2.05, 4.69) is 5.32 Å². The summed E-state index contributed by atoms with van der Waals surface area (Å²) in [4.78, 5) is 30.0. The normalized spacial score (nSPS) is 13.5. The summed E-state index contributed by atoms with van der Waals surface area (Å²) in [5.74, 6) is -1.27. The standard InChI is InChI=1S/C25H21ClFN3O3/c1-29(2)19-11-9-18(10-12-19)28-23-22(15-4-7-17(27)8-5-15)24(31)30(25(23)32)20-14-16(26)6-13-21(20)33-3/h4-14,28H,1-3H3. The molecule has 0 saturated carbocycles. The Balaban J connectivity index is 1.82. The maximum atomic E-state index is 13.6. The summed E-state index contributed by atoms with van der Waals surface area (Å²) in [6, 6.07) is 17.5. The molecule has 0 fully saturated rings. The van der Waals surface area contributed by atoms with Crippen molar-refractivity contribution >= 4 is 46.1 Å². The third kappa shape index (κ3) is 4.27. The zero-order chi connectivity index (χ0) is 23.7. The Kier molecular flexibility index (Phi) is 6.07. The van der Waals surface area contributed by atoms with Gasteiger partial charge in [0, 0.05) is 30.5 Å². The van der Waals surface area contributed by atoms with Crippen LogP contribution in [0.15, 0.2) is 72.4 Å². The predicted molar refractivity (Wildman–Crippen MR) is 128 cm³/mol. The summed E-state index contributed by atoms with van der Waals surface area (Å²) < 4.78 is 18.9. The number of carbonyl (C=O) groups excluding carboxylic acids is 2. The molecule has 8 heteroatoms. The number of hydrogen-bond donors (Lipinski definition) is 1. The molecule has 0 unspecified atom stereocenters. The van der Waals surface area contributed by atoms with Gasteiger partial charge in [0.15, 0.2) is 0 Å². The van der Waals surface area contributed by atoms with E-state index >= 15 is 0 Å². The van der Waals surface area contributed by atoms with Gasteiger partial charge >= 0.3 is 0 Å². The Labute approximate surface area is 195 Å². The predicted octanol–water partition coefficient (Wildman–Crippen LogP) is 4.95. The van der Waals surface area contributed by atoms with E-state index in [4.69, 9.17) is 16.3 Å². The summed E-state index contributed by atoms with van der Waals surface area (Å²) in [6.45, 7) is 0. The van der Waals surface area contributed by atoms with Gasteiger partial charge in [0.05, 0.1) is 18.4 Å². The molecule has 4 rings (SSSR count). The quantitative estimate of drug-likeness (QED) is 0.522. The largest absolute Gasteiger partial charge is 0.495 e. The van der Waals surface area contributed by atoms with Gasteiger partial charge in [-0.15, -0.1) is 0 Å². The molecular formula is C25H21ClFN3O3. The Hall–Kier alpha value is -3.84. The first-order chi connectivity index (χ1) is 15.8. The minimum Gasteiger partial charge on any atom is -0.495 e. The fourth-order valence-corrected chi connectivity index (χ4v) is 3.74. The fourth-order valence-electron chi connectivity index (χ4n) is 3.57. The van der Waals surface area contributed by atoms with E-state index in [1.807, 2.05) is 43.3 Å². The van der Waals surface area contributed by atoms with E-state index in [0.717, 1.165) is 10.6 Å². The van der Waals surface area contributed by atoms with Crippen molar-refractivity contribution in [1.29, 1.82) is 0 Å². The van der Waals surface area contributed by atoms with Crippen molar-refractivity contribution in [1.82, 2.24) is 0 Å². The Morgan fingerprint density at radius 3 is 2.21 bits per heavy atom. The molecule has 1 aliphatic rings. The lowest BCUT2D eigenvalue weighted by Crippen LogP contribution is -2.32. The highest BCUT2D eigenvalue weighted by Crippen LogP contribution is 2.39. The molecular weight excluding hydrogens is 445 g/mol. The lowest BCUT2D eigenvalue weighted by atomic mass is 10.0.